The summed E-state index contributed by atoms with van der Waals surface area (Å²) >= 11 is 0. The molecule has 0 saturated heterocycles. The number of aryl methyl sites for hydroxylation is 1. The fourth-order valence-corrected chi connectivity index (χ4v) is 3.53. The molecule has 8 heteroatoms. The molecule has 1 saturated carbocycles. The topological polar surface area (TPSA) is 113 Å². The molecule has 1 fully saturated rings. The number of nitrogens with zero attached hydrogens (tertiary/aromatic N) is 1. The molecular formula is C23H24N4O4. The van der Waals surface area contributed by atoms with Crippen LogP contribution in [0.2, 0.25) is 0 Å². The molecule has 2 amide bonds. The standard InChI is InChI=1S/C23H24N4O4/c28-20(12-13-27-19-9-5-4-8-17(19)21(29)26-23(27)31)25-18(22(30)24-16-10-11-16)14-15-6-2-1-3-7-15/h1-9,16,18H,10-14H2,(H,24,30)(H,25,28)(H,26,29,31). The van der Waals surface area contributed by atoms with Crippen LogP contribution >= 0.6 is 0 Å². The SMILES string of the molecule is O=C(CCn1c(=O)[nH]c(=O)c2ccccc21)NC(Cc1ccccc1)C(=O)NC1CC1. The van der Waals surface area contributed by atoms with Gasteiger partial charge in [-0.25, -0.2) is 4.79 Å². The third kappa shape index (κ3) is 5.09. The summed E-state index contributed by atoms with van der Waals surface area (Å²) in [6.45, 7) is 0.0876. The van der Waals surface area contributed by atoms with Crippen molar-refractivity contribution in [2.75, 3.05) is 0 Å². The maximum absolute atomic E-state index is 12.7. The van der Waals surface area contributed by atoms with Crippen molar-refractivity contribution in [3.63, 3.8) is 0 Å². The van der Waals surface area contributed by atoms with E-state index in [1.807, 2.05) is 30.3 Å². The molecule has 1 heterocycles. The minimum atomic E-state index is -0.695. The van der Waals surface area contributed by atoms with Crippen LogP contribution in [0.15, 0.2) is 64.2 Å². The van der Waals surface area contributed by atoms with E-state index in [1.165, 1.54) is 4.57 Å². The minimum Gasteiger partial charge on any atom is -0.352 e. The van der Waals surface area contributed by atoms with Gasteiger partial charge in [-0.05, 0) is 30.5 Å². The van der Waals surface area contributed by atoms with Gasteiger partial charge in [0.2, 0.25) is 11.8 Å². The van der Waals surface area contributed by atoms with E-state index in [-0.39, 0.29) is 30.8 Å². The Balaban J connectivity index is 1.46. The Morgan fingerprint density at radius 3 is 2.48 bits per heavy atom. The molecule has 2 aromatic carbocycles. The summed E-state index contributed by atoms with van der Waals surface area (Å²) in [4.78, 5) is 51.9. The van der Waals surface area contributed by atoms with Crippen molar-refractivity contribution in [2.24, 2.45) is 0 Å². The van der Waals surface area contributed by atoms with Gasteiger partial charge >= 0.3 is 5.69 Å². The van der Waals surface area contributed by atoms with E-state index < -0.39 is 17.3 Å². The number of amides is 2. The van der Waals surface area contributed by atoms with Gasteiger partial charge in [-0.2, -0.15) is 0 Å². The monoisotopic (exact) mass is 420 g/mol. The molecule has 3 N–H and O–H groups in total. The van der Waals surface area contributed by atoms with Crippen molar-refractivity contribution in [2.45, 2.75) is 44.3 Å². The molecule has 160 valence electrons. The van der Waals surface area contributed by atoms with Crippen molar-refractivity contribution in [3.8, 4) is 0 Å². The molecule has 3 aromatic rings. The van der Waals surface area contributed by atoms with Crippen molar-refractivity contribution < 1.29 is 9.59 Å². The van der Waals surface area contributed by atoms with E-state index in [4.69, 9.17) is 0 Å². The lowest BCUT2D eigenvalue weighted by atomic mass is 10.0. The minimum absolute atomic E-state index is 0.00204. The second kappa shape index (κ2) is 8.99. The highest BCUT2D eigenvalue weighted by Crippen LogP contribution is 2.19. The average Bonchev–Trinajstić information content (AvgIpc) is 3.58. The smallest absolute Gasteiger partial charge is 0.328 e. The fourth-order valence-electron chi connectivity index (χ4n) is 3.53. The Kier molecular flexibility index (Phi) is 5.97. The molecule has 1 aliphatic carbocycles. The van der Waals surface area contributed by atoms with Gasteiger partial charge in [0.15, 0.2) is 0 Å². The highest BCUT2D eigenvalue weighted by Gasteiger charge is 2.28. The quantitative estimate of drug-likeness (QED) is 0.506. The number of carbonyl (C=O) groups is 2. The molecule has 0 aliphatic heterocycles. The number of aromatic nitrogens is 2. The molecule has 1 unspecified atom stereocenters. The molecule has 0 spiro atoms. The van der Waals surface area contributed by atoms with Gasteiger partial charge in [0.05, 0.1) is 10.9 Å². The number of H-pyrrole nitrogens is 1. The number of hydrogen-bond acceptors (Lipinski definition) is 4. The second-order valence-electron chi connectivity index (χ2n) is 7.77. The zero-order chi connectivity index (χ0) is 21.8. The number of fused-ring (bicyclic) bond motifs is 1. The van der Waals surface area contributed by atoms with Crippen LogP contribution in [0.1, 0.15) is 24.8 Å². The summed E-state index contributed by atoms with van der Waals surface area (Å²) in [6.07, 6.45) is 2.30. The molecular weight excluding hydrogens is 396 g/mol. The van der Waals surface area contributed by atoms with Crippen LogP contribution in [0.3, 0.4) is 0 Å². The van der Waals surface area contributed by atoms with E-state index in [0.29, 0.717) is 17.3 Å². The van der Waals surface area contributed by atoms with Crippen LogP contribution in [0, 0.1) is 0 Å². The van der Waals surface area contributed by atoms with Gasteiger partial charge in [-0.1, -0.05) is 42.5 Å². The normalized spacial score (nSPS) is 14.2. The summed E-state index contributed by atoms with van der Waals surface area (Å²) in [5.41, 5.74) is 0.391. The summed E-state index contributed by atoms with van der Waals surface area (Å²) in [5.74, 6) is -0.541. The highest BCUT2D eigenvalue weighted by molar-refractivity contribution is 5.88. The number of carbonyl (C=O) groups excluding carboxylic acids is 2. The zero-order valence-electron chi connectivity index (χ0n) is 17.0. The lowest BCUT2D eigenvalue weighted by molar-refractivity contribution is -0.129. The zero-order valence-corrected chi connectivity index (χ0v) is 17.0. The molecule has 0 bridgehead atoms. The van der Waals surface area contributed by atoms with Crippen molar-refractivity contribution >= 4 is 22.7 Å². The number of rotatable bonds is 8. The first kappa shape index (κ1) is 20.6. The van der Waals surface area contributed by atoms with Crippen molar-refractivity contribution in [3.05, 3.63) is 81.0 Å². The summed E-state index contributed by atoms with van der Waals surface area (Å²) < 4.78 is 1.37. The van der Waals surface area contributed by atoms with Gasteiger partial charge in [0.1, 0.15) is 6.04 Å². The van der Waals surface area contributed by atoms with E-state index in [0.717, 1.165) is 18.4 Å². The molecule has 31 heavy (non-hydrogen) atoms. The van der Waals surface area contributed by atoms with E-state index >= 15 is 0 Å². The Morgan fingerprint density at radius 1 is 1.03 bits per heavy atom. The van der Waals surface area contributed by atoms with E-state index in [2.05, 4.69) is 15.6 Å². The first-order chi connectivity index (χ1) is 15.0. The third-order valence-electron chi connectivity index (χ3n) is 5.33. The highest BCUT2D eigenvalue weighted by atomic mass is 16.2. The van der Waals surface area contributed by atoms with Crippen LogP contribution in [0.25, 0.3) is 10.9 Å². The van der Waals surface area contributed by atoms with Crippen LogP contribution in [0.4, 0.5) is 0 Å². The average molecular weight is 420 g/mol. The number of aromatic amines is 1. The number of nitrogens with one attached hydrogen (secondary N) is 3. The predicted molar refractivity (Wildman–Crippen MR) is 117 cm³/mol. The largest absolute Gasteiger partial charge is 0.352 e. The van der Waals surface area contributed by atoms with Gasteiger partial charge in [0.25, 0.3) is 5.56 Å². The van der Waals surface area contributed by atoms with Gasteiger partial charge in [0, 0.05) is 25.4 Å². The maximum atomic E-state index is 12.7. The molecule has 4 rings (SSSR count). The van der Waals surface area contributed by atoms with E-state index in [9.17, 15) is 19.2 Å². The number of benzene rings is 2. The lowest BCUT2D eigenvalue weighted by Gasteiger charge is -2.19. The molecule has 0 radical (unpaired) electrons. The van der Waals surface area contributed by atoms with Crippen molar-refractivity contribution in [1.29, 1.82) is 0 Å². The molecule has 1 aromatic heterocycles. The van der Waals surface area contributed by atoms with E-state index in [1.54, 1.807) is 24.3 Å². The Labute approximate surface area is 178 Å². The summed E-state index contributed by atoms with van der Waals surface area (Å²) in [6, 6.07) is 15.7. The molecule has 1 atom stereocenters. The van der Waals surface area contributed by atoms with Crippen LogP contribution in [0.5, 0.6) is 0 Å². The maximum Gasteiger partial charge on any atom is 0.328 e. The van der Waals surface area contributed by atoms with Crippen molar-refractivity contribution in [1.82, 2.24) is 20.2 Å². The van der Waals surface area contributed by atoms with Gasteiger partial charge in [-0.15, -0.1) is 0 Å². The Morgan fingerprint density at radius 2 is 1.74 bits per heavy atom. The summed E-state index contributed by atoms with van der Waals surface area (Å²) in [7, 11) is 0. The molecule has 8 nitrogen and oxygen atoms in total. The first-order valence-corrected chi connectivity index (χ1v) is 10.4. The lowest BCUT2D eigenvalue weighted by Crippen LogP contribution is -2.48. The summed E-state index contributed by atoms with van der Waals surface area (Å²) in [5, 5.41) is 6.14. The Hall–Kier alpha value is -3.68. The number of para-hydroxylation sites is 1. The predicted octanol–water partition coefficient (Wildman–Crippen LogP) is 1.09. The van der Waals surface area contributed by atoms with Gasteiger partial charge < -0.3 is 10.6 Å². The third-order valence-corrected chi connectivity index (χ3v) is 5.33. The fraction of sp³-hybridized carbons (Fsp3) is 0.304. The Bertz CT molecular complexity index is 1210. The van der Waals surface area contributed by atoms with Crippen LogP contribution < -0.4 is 21.9 Å². The number of hydrogen-bond donors (Lipinski definition) is 3. The second-order valence-corrected chi connectivity index (χ2v) is 7.77. The molecule has 1 aliphatic rings. The van der Waals surface area contributed by atoms with Crippen LogP contribution in [-0.4, -0.2) is 33.4 Å². The van der Waals surface area contributed by atoms with Crippen LogP contribution in [-0.2, 0) is 22.6 Å². The van der Waals surface area contributed by atoms with Gasteiger partial charge in [-0.3, -0.25) is 23.9 Å². The first-order valence-electron chi connectivity index (χ1n) is 10.4.